The molecule has 2 aliphatic rings. The lowest BCUT2D eigenvalue weighted by Crippen LogP contribution is -2.63. The van der Waals surface area contributed by atoms with Crippen LogP contribution in [0.3, 0.4) is 0 Å². The van der Waals surface area contributed by atoms with E-state index in [4.69, 9.17) is 9.47 Å². The van der Waals surface area contributed by atoms with Crippen LogP contribution in [0.1, 0.15) is 54.4 Å². The third kappa shape index (κ3) is 9.44. The van der Waals surface area contributed by atoms with Crippen molar-refractivity contribution in [3.63, 3.8) is 0 Å². The van der Waals surface area contributed by atoms with Crippen molar-refractivity contribution in [2.24, 2.45) is 5.92 Å². The van der Waals surface area contributed by atoms with E-state index >= 15 is 0 Å². The Labute approximate surface area is 217 Å². The lowest BCUT2D eigenvalue weighted by Gasteiger charge is -2.41. The van der Waals surface area contributed by atoms with E-state index in [1.807, 2.05) is 6.07 Å². The smallest absolute Gasteiger partial charge is 0.410 e. The van der Waals surface area contributed by atoms with Crippen molar-refractivity contribution >= 4 is 29.9 Å². The van der Waals surface area contributed by atoms with Crippen molar-refractivity contribution in [1.29, 1.82) is 5.26 Å². The van der Waals surface area contributed by atoms with Gasteiger partial charge in [-0.2, -0.15) is 5.26 Å². The maximum atomic E-state index is 13.3. The summed E-state index contributed by atoms with van der Waals surface area (Å²) in [4.78, 5) is 65.4. The number of nitriles is 1. The van der Waals surface area contributed by atoms with Crippen LogP contribution in [0, 0.1) is 17.2 Å². The molecule has 2 rings (SSSR count). The van der Waals surface area contributed by atoms with Crippen LogP contribution in [0.15, 0.2) is 0 Å². The quantitative estimate of drug-likeness (QED) is 0.452. The van der Waals surface area contributed by atoms with Gasteiger partial charge in [-0.15, -0.1) is 0 Å². The second-order valence-electron chi connectivity index (χ2n) is 11.1. The lowest BCUT2D eigenvalue weighted by atomic mass is 9.98. The molecule has 2 heterocycles. The fourth-order valence-corrected chi connectivity index (χ4v) is 3.93. The predicted octanol–water partition coefficient (Wildman–Crippen LogP) is 0.494. The van der Waals surface area contributed by atoms with Crippen molar-refractivity contribution < 1.29 is 33.4 Å². The van der Waals surface area contributed by atoms with Gasteiger partial charge in [-0.25, -0.2) is 9.59 Å². The number of alkyl carbamates (subject to hydrolysis) is 1. The molecular formula is C24H38N6O7. The molecule has 0 aliphatic carbocycles. The van der Waals surface area contributed by atoms with E-state index in [0.29, 0.717) is 13.0 Å². The van der Waals surface area contributed by atoms with Crippen molar-refractivity contribution in [1.82, 2.24) is 25.8 Å². The van der Waals surface area contributed by atoms with Crippen molar-refractivity contribution in [2.75, 3.05) is 32.7 Å². The summed E-state index contributed by atoms with van der Waals surface area (Å²) in [5, 5.41) is 17.3. The number of ether oxygens (including phenoxy) is 2. The van der Waals surface area contributed by atoms with Crippen LogP contribution < -0.4 is 16.0 Å². The Morgan fingerprint density at radius 3 is 2.30 bits per heavy atom. The summed E-state index contributed by atoms with van der Waals surface area (Å²) in [6, 6.07) is -0.103. The summed E-state index contributed by atoms with van der Waals surface area (Å²) in [6.45, 7) is 10.2. The third-order valence-corrected chi connectivity index (χ3v) is 5.59. The minimum absolute atomic E-state index is 0.00835. The molecule has 206 valence electrons. The molecule has 13 nitrogen and oxygen atoms in total. The Hall–Kier alpha value is -3.56. The standard InChI is InChI=1S/C24H38N6O7/c1-23(2,3)36-21(34)27-13-18(31)30-10-9-29(22(35)37-24(4,5)6)14-17(30)20(33)28-16(12-25)11-15-7-8-26-19(15)32/h15-17H,7-11,13-14H2,1-6H3,(H,26,32)(H,27,34)(H,28,33). The van der Waals surface area contributed by atoms with E-state index in [2.05, 4.69) is 16.0 Å². The van der Waals surface area contributed by atoms with Crippen LogP contribution in [0.5, 0.6) is 0 Å². The van der Waals surface area contributed by atoms with Crippen LogP contribution in [0.2, 0.25) is 0 Å². The number of carbonyl (C=O) groups excluding carboxylic acids is 5. The van der Waals surface area contributed by atoms with Crippen LogP contribution >= 0.6 is 0 Å². The summed E-state index contributed by atoms with van der Waals surface area (Å²) < 4.78 is 10.6. The summed E-state index contributed by atoms with van der Waals surface area (Å²) >= 11 is 0. The van der Waals surface area contributed by atoms with Gasteiger partial charge in [0.15, 0.2) is 0 Å². The average molecular weight is 523 g/mol. The first-order valence-corrected chi connectivity index (χ1v) is 12.3. The molecular weight excluding hydrogens is 484 g/mol. The molecule has 2 saturated heterocycles. The first-order valence-electron chi connectivity index (χ1n) is 12.3. The van der Waals surface area contributed by atoms with E-state index in [1.165, 1.54) is 9.80 Å². The second kappa shape index (κ2) is 12.1. The molecule has 0 aromatic carbocycles. The minimum Gasteiger partial charge on any atom is -0.444 e. The van der Waals surface area contributed by atoms with Crippen LogP contribution in [0.25, 0.3) is 0 Å². The molecule has 0 saturated carbocycles. The SMILES string of the molecule is CC(C)(C)OC(=O)NCC(=O)N1CCN(C(=O)OC(C)(C)C)CC1C(=O)NC(C#N)CC1CCNC1=O. The summed E-state index contributed by atoms with van der Waals surface area (Å²) in [7, 11) is 0. The third-order valence-electron chi connectivity index (χ3n) is 5.59. The highest BCUT2D eigenvalue weighted by Crippen LogP contribution is 2.18. The van der Waals surface area contributed by atoms with Gasteiger partial charge in [-0.05, 0) is 54.4 Å². The van der Waals surface area contributed by atoms with Gasteiger partial charge >= 0.3 is 12.2 Å². The van der Waals surface area contributed by atoms with Crippen molar-refractivity contribution in [3.8, 4) is 6.07 Å². The maximum Gasteiger partial charge on any atom is 0.410 e. The molecule has 13 heteroatoms. The van der Waals surface area contributed by atoms with Gasteiger partial charge < -0.3 is 35.2 Å². The van der Waals surface area contributed by atoms with Crippen molar-refractivity contribution in [2.45, 2.75) is 77.7 Å². The number of nitrogens with one attached hydrogen (secondary N) is 3. The maximum absolute atomic E-state index is 13.3. The topological polar surface area (TPSA) is 170 Å². The first kappa shape index (κ1) is 29.7. The zero-order chi connectivity index (χ0) is 28.0. The van der Waals surface area contributed by atoms with Crippen molar-refractivity contribution in [3.05, 3.63) is 0 Å². The molecule has 5 amide bonds. The zero-order valence-corrected chi connectivity index (χ0v) is 22.4. The molecule has 2 fully saturated rings. The number of piperazine rings is 1. The summed E-state index contributed by atoms with van der Waals surface area (Å²) in [5.74, 6) is -1.78. The number of hydrogen-bond acceptors (Lipinski definition) is 8. The second-order valence-corrected chi connectivity index (χ2v) is 11.1. The Balaban J connectivity index is 2.13. The molecule has 3 atom stereocenters. The van der Waals surface area contributed by atoms with Gasteiger partial charge in [0.2, 0.25) is 17.7 Å². The highest BCUT2D eigenvalue weighted by molar-refractivity contribution is 5.91. The number of amides is 5. The summed E-state index contributed by atoms with van der Waals surface area (Å²) in [6.07, 6.45) is -0.730. The number of nitrogens with zero attached hydrogens (tertiary/aromatic N) is 3. The number of rotatable bonds is 6. The predicted molar refractivity (Wildman–Crippen MR) is 131 cm³/mol. The highest BCUT2D eigenvalue weighted by Gasteiger charge is 2.39. The van der Waals surface area contributed by atoms with Gasteiger partial charge in [-0.3, -0.25) is 14.4 Å². The molecule has 3 N–H and O–H groups in total. The number of hydrogen-bond donors (Lipinski definition) is 3. The molecule has 37 heavy (non-hydrogen) atoms. The molecule has 0 radical (unpaired) electrons. The van der Waals surface area contributed by atoms with Gasteiger partial charge in [0.25, 0.3) is 0 Å². The van der Waals surface area contributed by atoms with E-state index in [0.717, 1.165) is 0 Å². The van der Waals surface area contributed by atoms with E-state index < -0.39 is 59.7 Å². The van der Waals surface area contributed by atoms with Crippen LogP contribution in [-0.4, -0.2) is 95.7 Å². The monoisotopic (exact) mass is 522 g/mol. The van der Waals surface area contributed by atoms with Gasteiger partial charge in [0.05, 0.1) is 12.6 Å². The lowest BCUT2D eigenvalue weighted by molar-refractivity contribution is -0.143. The summed E-state index contributed by atoms with van der Waals surface area (Å²) in [5.41, 5.74) is -1.51. The normalized spacial score (nSPS) is 20.8. The highest BCUT2D eigenvalue weighted by atomic mass is 16.6. The first-order chi connectivity index (χ1) is 17.1. The van der Waals surface area contributed by atoms with Crippen LogP contribution in [0.4, 0.5) is 9.59 Å². The Kier molecular flexibility index (Phi) is 9.72. The van der Waals surface area contributed by atoms with Gasteiger partial charge in [0.1, 0.15) is 29.8 Å². The van der Waals surface area contributed by atoms with Gasteiger partial charge in [0, 0.05) is 25.6 Å². The molecule has 0 bridgehead atoms. The van der Waals surface area contributed by atoms with E-state index in [-0.39, 0.29) is 32.0 Å². The van der Waals surface area contributed by atoms with Gasteiger partial charge in [-0.1, -0.05) is 0 Å². The molecule has 0 spiro atoms. The number of carbonyl (C=O) groups is 5. The van der Waals surface area contributed by atoms with E-state index in [1.54, 1.807) is 41.5 Å². The zero-order valence-electron chi connectivity index (χ0n) is 22.4. The molecule has 3 unspecified atom stereocenters. The minimum atomic E-state index is -1.14. The van der Waals surface area contributed by atoms with Crippen LogP contribution in [-0.2, 0) is 23.9 Å². The Morgan fingerprint density at radius 1 is 1.11 bits per heavy atom. The largest absolute Gasteiger partial charge is 0.444 e. The molecule has 2 aliphatic heterocycles. The fourth-order valence-electron chi connectivity index (χ4n) is 3.93. The average Bonchev–Trinajstić information content (AvgIpc) is 3.18. The van der Waals surface area contributed by atoms with E-state index in [9.17, 15) is 29.2 Å². The molecule has 0 aromatic rings. The Morgan fingerprint density at radius 2 is 1.76 bits per heavy atom. The fraction of sp³-hybridized carbons (Fsp3) is 0.750. The molecule has 0 aromatic heterocycles. The Bertz CT molecular complexity index is 933.